The molecule has 0 aliphatic carbocycles. The maximum Gasteiger partial charge on any atom is 0.167 e. The van der Waals surface area contributed by atoms with E-state index < -0.39 is 0 Å². The average molecular weight is 488 g/mol. The molecule has 0 aromatic heterocycles. The van der Waals surface area contributed by atoms with Gasteiger partial charge in [-0.3, -0.25) is 4.90 Å². The van der Waals surface area contributed by atoms with Gasteiger partial charge in [0.05, 0.1) is 25.3 Å². The van der Waals surface area contributed by atoms with Crippen LogP contribution in [0.2, 0.25) is 5.02 Å². The van der Waals surface area contributed by atoms with Crippen molar-refractivity contribution in [1.29, 1.82) is 0 Å². The minimum atomic E-state index is -0.371. The molecule has 0 bridgehead atoms. The summed E-state index contributed by atoms with van der Waals surface area (Å²) in [7, 11) is 1.61. The van der Waals surface area contributed by atoms with E-state index in [1.54, 1.807) is 13.2 Å². The van der Waals surface area contributed by atoms with E-state index in [0.717, 1.165) is 49.4 Å². The summed E-state index contributed by atoms with van der Waals surface area (Å²) in [6.07, 6.45) is 0. The topological polar surface area (TPSA) is 43.0 Å². The average Bonchev–Trinajstić information content (AvgIpc) is 2.72. The largest absolute Gasteiger partial charge is 0.493 e. The molecule has 2 aromatic rings. The highest BCUT2D eigenvalue weighted by Gasteiger charge is 2.16. The summed E-state index contributed by atoms with van der Waals surface area (Å²) in [5, 5.41) is 3.81. The van der Waals surface area contributed by atoms with Crippen molar-refractivity contribution in [3.8, 4) is 11.5 Å². The smallest absolute Gasteiger partial charge is 0.167 e. The Bertz CT molecular complexity index is 819. The van der Waals surface area contributed by atoms with E-state index in [2.05, 4.69) is 26.1 Å². The number of hydrogen-bond donors (Lipinski definition) is 1. The van der Waals surface area contributed by atoms with Crippen LogP contribution >= 0.6 is 27.5 Å². The third kappa shape index (κ3) is 6.30. The van der Waals surface area contributed by atoms with E-state index >= 15 is 0 Å². The lowest BCUT2D eigenvalue weighted by Crippen LogP contribution is -2.40. The first-order valence-corrected chi connectivity index (χ1v) is 10.7. The molecule has 1 fully saturated rings. The van der Waals surface area contributed by atoms with Gasteiger partial charge in [0.2, 0.25) is 0 Å². The van der Waals surface area contributed by atoms with Gasteiger partial charge in [0.1, 0.15) is 12.4 Å². The van der Waals surface area contributed by atoms with Crippen molar-refractivity contribution in [2.45, 2.75) is 13.2 Å². The molecule has 0 saturated carbocycles. The van der Waals surface area contributed by atoms with Crippen LogP contribution in [-0.4, -0.2) is 51.4 Å². The lowest BCUT2D eigenvalue weighted by atomic mass is 10.1. The Kier molecular flexibility index (Phi) is 8.56. The van der Waals surface area contributed by atoms with Gasteiger partial charge in [-0.2, -0.15) is 0 Å². The summed E-state index contributed by atoms with van der Waals surface area (Å²) in [4.78, 5) is 2.38. The van der Waals surface area contributed by atoms with Crippen LogP contribution in [0.25, 0.3) is 0 Å². The number of rotatable bonds is 9. The van der Waals surface area contributed by atoms with E-state index in [1.165, 1.54) is 12.1 Å². The van der Waals surface area contributed by atoms with Crippen LogP contribution in [0.1, 0.15) is 11.1 Å². The number of ether oxygens (including phenoxy) is 3. The van der Waals surface area contributed by atoms with Gasteiger partial charge < -0.3 is 19.5 Å². The van der Waals surface area contributed by atoms with Gasteiger partial charge in [-0.1, -0.05) is 33.6 Å². The van der Waals surface area contributed by atoms with Gasteiger partial charge in [-0.15, -0.1) is 0 Å². The molecule has 0 spiro atoms. The van der Waals surface area contributed by atoms with Crippen molar-refractivity contribution in [3.05, 3.63) is 56.8 Å². The molecule has 29 heavy (non-hydrogen) atoms. The van der Waals surface area contributed by atoms with Crippen molar-refractivity contribution in [2.75, 3.05) is 46.5 Å². The quantitative estimate of drug-likeness (QED) is 0.536. The number of morpholine rings is 1. The Morgan fingerprint density at radius 2 is 2.03 bits per heavy atom. The first-order valence-electron chi connectivity index (χ1n) is 9.51. The van der Waals surface area contributed by atoms with E-state index in [4.69, 9.17) is 25.8 Å². The van der Waals surface area contributed by atoms with Crippen LogP contribution in [0.15, 0.2) is 34.8 Å². The van der Waals surface area contributed by atoms with Crippen molar-refractivity contribution >= 4 is 27.5 Å². The Morgan fingerprint density at radius 3 is 2.76 bits per heavy atom. The predicted octanol–water partition coefficient (Wildman–Crippen LogP) is 4.25. The second-order valence-corrected chi connectivity index (χ2v) is 7.97. The Hall–Kier alpha value is -1.38. The Morgan fingerprint density at radius 1 is 1.24 bits per heavy atom. The van der Waals surface area contributed by atoms with E-state index in [-0.39, 0.29) is 12.4 Å². The molecule has 3 rings (SSSR count). The zero-order valence-corrected chi connectivity index (χ0v) is 18.7. The van der Waals surface area contributed by atoms with Gasteiger partial charge in [0.25, 0.3) is 0 Å². The Balaban J connectivity index is 1.65. The van der Waals surface area contributed by atoms with Crippen LogP contribution in [0.5, 0.6) is 11.5 Å². The van der Waals surface area contributed by atoms with Gasteiger partial charge in [0, 0.05) is 48.3 Å². The van der Waals surface area contributed by atoms with Crippen LogP contribution in [-0.2, 0) is 17.9 Å². The zero-order valence-electron chi connectivity index (χ0n) is 16.3. The molecule has 1 N–H and O–H groups in total. The molecular weight excluding hydrogens is 463 g/mol. The number of hydrogen-bond acceptors (Lipinski definition) is 5. The molecule has 2 aromatic carbocycles. The van der Waals surface area contributed by atoms with Crippen LogP contribution in [0.3, 0.4) is 0 Å². The number of halogens is 3. The molecule has 158 valence electrons. The highest BCUT2D eigenvalue weighted by molar-refractivity contribution is 9.10. The molecule has 0 radical (unpaired) electrons. The molecule has 0 unspecified atom stereocenters. The molecular formula is C21H25BrClFN2O3. The normalized spacial score (nSPS) is 14.8. The first-order chi connectivity index (χ1) is 14.1. The number of methoxy groups -OCH3 is 1. The van der Waals surface area contributed by atoms with E-state index in [0.29, 0.717) is 28.6 Å². The lowest BCUT2D eigenvalue weighted by Gasteiger charge is -2.26. The molecule has 0 amide bonds. The summed E-state index contributed by atoms with van der Waals surface area (Å²) in [5.74, 6) is 0.904. The Labute approximate surface area is 184 Å². The highest BCUT2D eigenvalue weighted by atomic mass is 79.9. The van der Waals surface area contributed by atoms with Gasteiger partial charge in [0.15, 0.2) is 11.5 Å². The molecule has 0 atom stereocenters. The number of nitrogens with one attached hydrogen (secondary N) is 1. The second kappa shape index (κ2) is 11.1. The SMILES string of the molecule is COc1ccc(Br)c(CNCCN2CCOCC2)c1OCc1ccc(F)cc1Cl. The third-order valence-electron chi connectivity index (χ3n) is 4.78. The van der Waals surface area contributed by atoms with Gasteiger partial charge in [-0.05, 0) is 24.3 Å². The third-order valence-corrected chi connectivity index (χ3v) is 5.88. The monoisotopic (exact) mass is 486 g/mol. The number of nitrogens with zero attached hydrogens (tertiary/aromatic N) is 1. The van der Waals surface area contributed by atoms with Crippen molar-refractivity contribution in [1.82, 2.24) is 10.2 Å². The molecule has 5 nitrogen and oxygen atoms in total. The maximum atomic E-state index is 13.3. The van der Waals surface area contributed by atoms with Crippen LogP contribution < -0.4 is 14.8 Å². The minimum absolute atomic E-state index is 0.215. The number of benzene rings is 2. The maximum absolute atomic E-state index is 13.3. The van der Waals surface area contributed by atoms with E-state index in [9.17, 15) is 4.39 Å². The van der Waals surface area contributed by atoms with Crippen molar-refractivity contribution in [2.24, 2.45) is 0 Å². The molecule has 1 saturated heterocycles. The molecule has 1 aliphatic heterocycles. The predicted molar refractivity (Wildman–Crippen MR) is 115 cm³/mol. The van der Waals surface area contributed by atoms with Crippen LogP contribution in [0.4, 0.5) is 4.39 Å². The van der Waals surface area contributed by atoms with E-state index in [1.807, 2.05) is 12.1 Å². The summed E-state index contributed by atoms with van der Waals surface area (Å²) in [6, 6.07) is 8.07. The lowest BCUT2D eigenvalue weighted by molar-refractivity contribution is 0.0384. The summed E-state index contributed by atoms with van der Waals surface area (Å²) in [5.41, 5.74) is 1.67. The van der Waals surface area contributed by atoms with Crippen LogP contribution in [0, 0.1) is 5.82 Å². The highest BCUT2D eigenvalue weighted by Crippen LogP contribution is 2.37. The second-order valence-electron chi connectivity index (χ2n) is 6.71. The van der Waals surface area contributed by atoms with Gasteiger partial charge in [-0.25, -0.2) is 4.39 Å². The zero-order chi connectivity index (χ0) is 20.6. The molecule has 1 aliphatic rings. The first kappa shape index (κ1) is 22.3. The fraction of sp³-hybridized carbons (Fsp3) is 0.429. The molecule has 1 heterocycles. The minimum Gasteiger partial charge on any atom is -0.493 e. The fourth-order valence-electron chi connectivity index (χ4n) is 3.13. The summed E-state index contributed by atoms with van der Waals surface area (Å²) >= 11 is 9.74. The fourth-order valence-corrected chi connectivity index (χ4v) is 3.80. The summed E-state index contributed by atoms with van der Waals surface area (Å²) < 4.78 is 31.2. The molecule has 8 heteroatoms. The van der Waals surface area contributed by atoms with Crippen molar-refractivity contribution in [3.63, 3.8) is 0 Å². The summed E-state index contributed by atoms with van der Waals surface area (Å²) in [6.45, 7) is 6.19. The standard InChI is InChI=1S/C21H25BrClFN2O3/c1-27-20-5-4-18(22)17(13-25-6-7-26-8-10-28-11-9-26)21(20)29-14-15-2-3-16(24)12-19(15)23/h2-5,12,25H,6-11,13-14H2,1H3. The van der Waals surface area contributed by atoms with Gasteiger partial charge >= 0.3 is 0 Å². The van der Waals surface area contributed by atoms with Crippen molar-refractivity contribution < 1.29 is 18.6 Å².